The van der Waals surface area contributed by atoms with Crippen LogP contribution in [0.4, 0.5) is 0 Å². The Morgan fingerprint density at radius 3 is 2.79 bits per heavy atom. The quantitative estimate of drug-likeness (QED) is 0.816. The van der Waals surface area contributed by atoms with Gasteiger partial charge in [-0.1, -0.05) is 12.1 Å². The molecule has 1 aliphatic rings. The fraction of sp³-hybridized carbons (Fsp3) is 0.400. The van der Waals surface area contributed by atoms with Gasteiger partial charge in [-0.25, -0.2) is 0 Å². The van der Waals surface area contributed by atoms with E-state index in [1.54, 1.807) is 11.6 Å². The lowest BCUT2D eigenvalue weighted by Gasteiger charge is -2.26. The molecule has 1 aromatic carbocycles. The van der Waals surface area contributed by atoms with Gasteiger partial charge in [0.25, 0.3) is 5.56 Å². The van der Waals surface area contributed by atoms with E-state index in [0.717, 1.165) is 43.6 Å². The van der Waals surface area contributed by atoms with E-state index in [1.807, 2.05) is 24.4 Å². The molecule has 0 aliphatic carbocycles. The number of morpholine rings is 1. The highest BCUT2D eigenvalue weighted by atomic mass is 16.5. The average molecular weight is 258 g/mol. The second-order valence-corrected chi connectivity index (χ2v) is 5.04. The molecule has 19 heavy (non-hydrogen) atoms. The topological polar surface area (TPSA) is 34.5 Å². The van der Waals surface area contributed by atoms with E-state index >= 15 is 0 Å². The van der Waals surface area contributed by atoms with Gasteiger partial charge in [0.15, 0.2) is 0 Å². The van der Waals surface area contributed by atoms with Gasteiger partial charge in [-0.3, -0.25) is 9.69 Å². The van der Waals surface area contributed by atoms with Gasteiger partial charge in [0.05, 0.1) is 13.2 Å². The molecule has 4 nitrogen and oxygen atoms in total. The third-order valence-corrected chi connectivity index (χ3v) is 3.66. The molecule has 4 heteroatoms. The van der Waals surface area contributed by atoms with Crippen LogP contribution < -0.4 is 5.56 Å². The molecule has 1 fully saturated rings. The van der Waals surface area contributed by atoms with Crippen LogP contribution in [-0.2, 0) is 18.3 Å². The van der Waals surface area contributed by atoms with Crippen LogP contribution in [0.1, 0.15) is 5.56 Å². The number of aryl methyl sites for hydroxylation is 1. The zero-order chi connectivity index (χ0) is 13.2. The monoisotopic (exact) mass is 258 g/mol. The number of pyridine rings is 1. The maximum absolute atomic E-state index is 12.1. The van der Waals surface area contributed by atoms with Crippen molar-refractivity contribution >= 4 is 10.8 Å². The molecule has 2 aromatic rings. The molecule has 1 saturated heterocycles. The van der Waals surface area contributed by atoms with Crippen LogP contribution in [0.5, 0.6) is 0 Å². The Hall–Kier alpha value is -1.65. The molecule has 0 spiro atoms. The van der Waals surface area contributed by atoms with Crippen molar-refractivity contribution in [3.8, 4) is 0 Å². The first kappa shape index (κ1) is 12.4. The normalized spacial score (nSPS) is 16.9. The van der Waals surface area contributed by atoms with Crippen LogP contribution in [0.15, 0.2) is 35.3 Å². The predicted molar refractivity (Wildman–Crippen MR) is 75.3 cm³/mol. The number of benzene rings is 1. The molecular formula is C15H18N2O2. The van der Waals surface area contributed by atoms with Crippen molar-refractivity contribution in [3.63, 3.8) is 0 Å². The maximum atomic E-state index is 12.1. The molecule has 0 radical (unpaired) electrons. The van der Waals surface area contributed by atoms with Crippen LogP contribution in [0.3, 0.4) is 0 Å². The van der Waals surface area contributed by atoms with Gasteiger partial charge in [-0.15, -0.1) is 0 Å². The van der Waals surface area contributed by atoms with Crippen molar-refractivity contribution in [1.82, 2.24) is 9.47 Å². The Balaban J connectivity index is 1.92. The van der Waals surface area contributed by atoms with E-state index in [-0.39, 0.29) is 5.56 Å². The SMILES string of the molecule is Cn1ccc2ccc(CN3CCOCC3)cc2c1=O. The third-order valence-electron chi connectivity index (χ3n) is 3.66. The molecule has 0 amide bonds. The molecule has 0 N–H and O–H groups in total. The van der Waals surface area contributed by atoms with Crippen LogP contribution in [0.2, 0.25) is 0 Å². The summed E-state index contributed by atoms with van der Waals surface area (Å²) in [6.45, 7) is 4.41. The number of fused-ring (bicyclic) bond motifs is 1. The second kappa shape index (κ2) is 5.15. The van der Waals surface area contributed by atoms with Gasteiger partial charge in [0, 0.05) is 38.3 Å². The Bertz CT molecular complexity index is 642. The van der Waals surface area contributed by atoms with Crippen molar-refractivity contribution in [3.05, 3.63) is 46.4 Å². The summed E-state index contributed by atoms with van der Waals surface area (Å²) in [6.07, 6.45) is 1.81. The van der Waals surface area contributed by atoms with E-state index < -0.39 is 0 Å². The molecule has 0 bridgehead atoms. The number of rotatable bonds is 2. The van der Waals surface area contributed by atoms with Crippen LogP contribution >= 0.6 is 0 Å². The zero-order valence-corrected chi connectivity index (χ0v) is 11.1. The molecule has 100 valence electrons. The first-order valence-corrected chi connectivity index (χ1v) is 6.62. The summed E-state index contributed by atoms with van der Waals surface area (Å²) in [5.41, 5.74) is 1.26. The van der Waals surface area contributed by atoms with Crippen molar-refractivity contribution < 1.29 is 4.74 Å². The fourth-order valence-corrected chi connectivity index (χ4v) is 2.50. The number of hydrogen-bond acceptors (Lipinski definition) is 3. The first-order valence-electron chi connectivity index (χ1n) is 6.62. The van der Waals surface area contributed by atoms with E-state index in [9.17, 15) is 4.79 Å². The van der Waals surface area contributed by atoms with Crippen LogP contribution in [0.25, 0.3) is 10.8 Å². The third kappa shape index (κ3) is 2.55. The van der Waals surface area contributed by atoms with Gasteiger partial charge in [-0.05, 0) is 23.1 Å². The van der Waals surface area contributed by atoms with E-state index in [4.69, 9.17) is 4.74 Å². The molecule has 0 unspecified atom stereocenters. The van der Waals surface area contributed by atoms with Crippen LogP contribution in [0, 0.1) is 0 Å². The maximum Gasteiger partial charge on any atom is 0.258 e. The number of nitrogens with zero attached hydrogens (tertiary/aromatic N) is 2. The number of aromatic nitrogens is 1. The summed E-state index contributed by atoms with van der Waals surface area (Å²) in [6, 6.07) is 8.14. The summed E-state index contributed by atoms with van der Waals surface area (Å²) < 4.78 is 6.97. The molecule has 3 rings (SSSR count). The van der Waals surface area contributed by atoms with Crippen molar-refractivity contribution in [2.75, 3.05) is 26.3 Å². The van der Waals surface area contributed by atoms with Gasteiger partial charge in [0.2, 0.25) is 0 Å². The Labute approximate surface area is 112 Å². The minimum absolute atomic E-state index is 0.0707. The minimum atomic E-state index is 0.0707. The Kier molecular flexibility index (Phi) is 3.36. The Morgan fingerprint density at radius 2 is 2.00 bits per heavy atom. The lowest BCUT2D eigenvalue weighted by Crippen LogP contribution is -2.35. The highest BCUT2D eigenvalue weighted by Crippen LogP contribution is 2.14. The average Bonchev–Trinajstić information content (AvgIpc) is 2.45. The van der Waals surface area contributed by atoms with Crippen molar-refractivity contribution in [2.45, 2.75) is 6.54 Å². The van der Waals surface area contributed by atoms with E-state index in [0.29, 0.717) is 0 Å². The highest BCUT2D eigenvalue weighted by Gasteiger charge is 2.11. The van der Waals surface area contributed by atoms with Crippen molar-refractivity contribution in [1.29, 1.82) is 0 Å². The van der Waals surface area contributed by atoms with Gasteiger partial charge >= 0.3 is 0 Å². The number of hydrogen-bond donors (Lipinski definition) is 0. The summed E-state index contributed by atoms with van der Waals surface area (Å²) >= 11 is 0. The first-order chi connectivity index (χ1) is 9.24. The summed E-state index contributed by atoms with van der Waals surface area (Å²) in [4.78, 5) is 14.5. The summed E-state index contributed by atoms with van der Waals surface area (Å²) in [5, 5.41) is 1.81. The predicted octanol–water partition coefficient (Wildman–Crippen LogP) is 1.37. The smallest absolute Gasteiger partial charge is 0.258 e. The summed E-state index contributed by atoms with van der Waals surface area (Å²) in [7, 11) is 1.79. The lowest BCUT2D eigenvalue weighted by atomic mass is 10.1. The highest BCUT2D eigenvalue weighted by molar-refractivity contribution is 5.82. The second-order valence-electron chi connectivity index (χ2n) is 5.04. The molecule has 0 atom stereocenters. The van der Waals surface area contributed by atoms with Crippen molar-refractivity contribution in [2.24, 2.45) is 7.05 Å². The largest absolute Gasteiger partial charge is 0.379 e. The van der Waals surface area contributed by atoms with Gasteiger partial charge in [-0.2, -0.15) is 0 Å². The summed E-state index contributed by atoms with van der Waals surface area (Å²) in [5.74, 6) is 0. The Morgan fingerprint density at radius 1 is 1.21 bits per heavy atom. The number of ether oxygens (including phenoxy) is 1. The van der Waals surface area contributed by atoms with E-state index in [1.165, 1.54) is 5.56 Å². The lowest BCUT2D eigenvalue weighted by molar-refractivity contribution is 0.0342. The minimum Gasteiger partial charge on any atom is -0.379 e. The molecule has 1 aliphatic heterocycles. The standard InChI is InChI=1S/C15H18N2O2/c1-16-5-4-13-3-2-12(10-14(13)15(16)18)11-17-6-8-19-9-7-17/h2-5,10H,6-9,11H2,1H3. The molecule has 2 heterocycles. The van der Waals surface area contributed by atoms with Gasteiger partial charge < -0.3 is 9.30 Å². The molecule has 1 aromatic heterocycles. The van der Waals surface area contributed by atoms with E-state index in [2.05, 4.69) is 11.0 Å². The molecular weight excluding hydrogens is 240 g/mol. The van der Waals surface area contributed by atoms with Gasteiger partial charge in [0.1, 0.15) is 0 Å². The zero-order valence-electron chi connectivity index (χ0n) is 11.1. The molecule has 0 saturated carbocycles. The fourth-order valence-electron chi connectivity index (χ4n) is 2.50. The van der Waals surface area contributed by atoms with Crippen LogP contribution in [-0.4, -0.2) is 35.8 Å².